The van der Waals surface area contributed by atoms with Gasteiger partial charge >= 0.3 is 0 Å². The molecule has 0 N–H and O–H groups in total. The lowest BCUT2D eigenvalue weighted by Gasteiger charge is -2.43. The lowest BCUT2D eigenvalue weighted by atomic mass is 9.72. The van der Waals surface area contributed by atoms with Crippen LogP contribution in [0.1, 0.15) is 79.7 Å². The molecule has 0 amide bonds. The van der Waals surface area contributed by atoms with E-state index in [9.17, 15) is 0 Å². The molecule has 0 aliphatic heterocycles. The van der Waals surface area contributed by atoms with Gasteiger partial charge in [-0.3, -0.25) is 0 Å². The van der Waals surface area contributed by atoms with Gasteiger partial charge < -0.3 is 4.43 Å². The van der Waals surface area contributed by atoms with Gasteiger partial charge in [0.15, 0.2) is 0 Å². The first-order chi connectivity index (χ1) is 12.6. The van der Waals surface area contributed by atoms with Crippen molar-refractivity contribution in [2.75, 3.05) is 0 Å². The number of hydrogen-bond acceptors (Lipinski definition) is 1. The third-order valence-corrected chi connectivity index (χ3v) is 12.6. The van der Waals surface area contributed by atoms with E-state index in [0.717, 1.165) is 12.8 Å². The normalized spacial score (nSPS) is 23.7. The maximum absolute atomic E-state index is 7.00. The van der Waals surface area contributed by atoms with Crippen molar-refractivity contribution in [2.24, 2.45) is 5.41 Å². The molecule has 0 aromatic heterocycles. The lowest BCUT2D eigenvalue weighted by molar-refractivity contribution is 0.339. The van der Waals surface area contributed by atoms with Gasteiger partial charge in [0.1, 0.15) is 0 Å². The molecule has 2 rings (SSSR count). The maximum Gasteiger partial charge on any atom is 0.258 e. The number of benzene rings is 1. The molecule has 0 radical (unpaired) electrons. The summed E-state index contributed by atoms with van der Waals surface area (Å²) in [5.74, 6) is 1.67. The average Bonchev–Trinajstić information content (AvgIpc) is 2.57. The van der Waals surface area contributed by atoms with Crippen molar-refractivity contribution in [3.8, 4) is 0 Å². The number of hydrogen-bond donors (Lipinski definition) is 0. The monoisotopic (exact) mass is 384 g/mol. The van der Waals surface area contributed by atoms with E-state index in [1.165, 1.54) is 11.3 Å². The van der Waals surface area contributed by atoms with Gasteiger partial charge in [-0.1, -0.05) is 97.9 Å². The topological polar surface area (TPSA) is 9.23 Å². The van der Waals surface area contributed by atoms with Gasteiger partial charge in [0.25, 0.3) is 8.32 Å². The molecular weight excluding hydrogens is 344 g/mol. The molecular formula is C25H40OSi. The Balaban J connectivity index is 2.35. The fourth-order valence-corrected chi connectivity index (χ4v) is 10.5. The van der Waals surface area contributed by atoms with E-state index in [-0.39, 0.29) is 5.41 Å². The first-order valence-corrected chi connectivity index (χ1v) is 12.9. The predicted octanol–water partition coefficient (Wildman–Crippen LogP) is 8.22. The van der Waals surface area contributed by atoms with Crippen LogP contribution in [0.25, 0.3) is 0 Å². The van der Waals surface area contributed by atoms with E-state index in [1.807, 2.05) is 0 Å². The molecule has 0 saturated carbocycles. The van der Waals surface area contributed by atoms with Crippen LogP contribution in [0.4, 0.5) is 0 Å². The van der Waals surface area contributed by atoms with Gasteiger partial charge in [-0.05, 0) is 46.0 Å². The molecule has 0 bridgehead atoms. The average molecular weight is 385 g/mol. The molecule has 1 nitrogen and oxygen atoms in total. The van der Waals surface area contributed by atoms with E-state index in [2.05, 4.69) is 104 Å². The summed E-state index contributed by atoms with van der Waals surface area (Å²) in [7, 11) is -1.89. The minimum absolute atomic E-state index is 0.145. The summed E-state index contributed by atoms with van der Waals surface area (Å²) in [6.45, 7) is 18.9. The van der Waals surface area contributed by atoms with Gasteiger partial charge in [0.2, 0.25) is 0 Å². The third-order valence-electron chi connectivity index (χ3n) is 6.56. The third kappa shape index (κ3) is 4.77. The van der Waals surface area contributed by atoms with Gasteiger partial charge in [0.05, 0.1) is 5.76 Å². The SMILES string of the molecule is CC(C)[Si](O/C1=C/CC(c2ccccc2)C(C)(C)/C=C\C1)(C(C)C)C(C)C. The standard InChI is InChI=1S/C25H40OSi/c1-19(2)27(20(3)4,21(5)6)26-23-15-12-18-25(7,8)24(17-16-23)22-13-10-9-11-14-22/h9-14,16,18-21,24H,15,17H2,1-8H3/b18-12-,23-16+. The maximum atomic E-state index is 7.00. The van der Waals surface area contributed by atoms with Crippen LogP contribution >= 0.6 is 0 Å². The Hall–Kier alpha value is -1.28. The molecule has 0 fully saturated rings. The Morgan fingerprint density at radius 2 is 1.48 bits per heavy atom. The molecule has 1 aromatic rings. The van der Waals surface area contributed by atoms with Crippen molar-refractivity contribution in [1.82, 2.24) is 0 Å². The fourth-order valence-electron chi connectivity index (χ4n) is 5.15. The van der Waals surface area contributed by atoms with Crippen molar-refractivity contribution < 1.29 is 4.43 Å². The zero-order valence-electron chi connectivity index (χ0n) is 18.8. The van der Waals surface area contributed by atoms with Crippen molar-refractivity contribution in [2.45, 2.75) is 90.8 Å². The first kappa shape index (κ1) is 22.0. The van der Waals surface area contributed by atoms with Crippen molar-refractivity contribution >= 4 is 8.32 Å². The second kappa shape index (κ2) is 8.81. The second-order valence-electron chi connectivity index (χ2n) is 9.72. The molecule has 1 aliphatic carbocycles. The second-order valence-corrected chi connectivity index (χ2v) is 15.1. The highest BCUT2D eigenvalue weighted by molar-refractivity contribution is 6.77. The van der Waals surface area contributed by atoms with Crippen molar-refractivity contribution in [3.05, 3.63) is 59.9 Å². The highest BCUT2D eigenvalue weighted by Crippen LogP contribution is 2.46. The largest absolute Gasteiger partial charge is 0.546 e. The summed E-state index contributed by atoms with van der Waals surface area (Å²) in [5, 5.41) is 0. The summed E-state index contributed by atoms with van der Waals surface area (Å²) >= 11 is 0. The molecule has 1 aromatic carbocycles. The van der Waals surface area contributed by atoms with E-state index >= 15 is 0 Å². The lowest BCUT2D eigenvalue weighted by Crippen LogP contribution is -2.47. The molecule has 0 heterocycles. The Bertz CT molecular complexity index is 630. The molecule has 0 saturated heterocycles. The smallest absolute Gasteiger partial charge is 0.258 e. The van der Waals surface area contributed by atoms with Gasteiger partial charge in [0, 0.05) is 6.42 Å². The molecule has 1 aliphatic rings. The summed E-state index contributed by atoms with van der Waals surface area (Å²) < 4.78 is 7.00. The fraction of sp³-hybridized carbons (Fsp3) is 0.600. The number of allylic oxidation sites excluding steroid dienone is 3. The van der Waals surface area contributed by atoms with Crippen LogP contribution in [0.5, 0.6) is 0 Å². The Labute approximate surface area is 169 Å². The van der Waals surface area contributed by atoms with Crippen LogP contribution in [0.3, 0.4) is 0 Å². The Morgan fingerprint density at radius 1 is 0.926 bits per heavy atom. The summed E-state index contributed by atoms with van der Waals surface area (Å²) in [4.78, 5) is 0. The van der Waals surface area contributed by atoms with Gasteiger partial charge in [-0.2, -0.15) is 0 Å². The van der Waals surface area contributed by atoms with Gasteiger partial charge in [-0.25, -0.2) is 0 Å². The highest BCUT2D eigenvalue weighted by atomic mass is 28.4. The van der Waals surface area contributed by atoms with Crippen molar-refractivity contribution in [3.63, 3.8) is 0 Å². The Morgan fingerprint density at radius 3 is 2.00 bits per heavy atom. The van der Waals surface area contributed by atoms with Crippen LogP contribution in [0.15, 0.2) is 54.3 Å². The molecule has 1 atom stereocenters. The van der Waals surface area contributed by atoms with Crippen molar-refractivity contribution in [1.29, 1.82) is 0 Å². The zero-order chi connectivity index (χ0) is 20.2. The summed E-state index contributed by atoms with van der Waals surface area (Å²) in [6, 6.07) is 11.0. The molecule has 1 unspecified atom stereocenters. The van der Waals surface area contributed by atoms with E-state index in [1.54, 1.807) is 0 Å². The summed E-state index contributed by atoms with van der Waals surface area (Å²) in [5.41, 5.74) is 3.38. The van der Waals surface area contributed by atoms with Crippen LogP contribution < -0.4 is 0 Å². The van der Waals surface area contributed by atoms with E-state index < -0.39 is 8.32 Å². The molecule has 27 heavy (non-hydrogen) atoms. The van der Waals surface area contributed by atoms with E-state index in [0.29, 0.717) is 22.5 Å². The molecule has 2 heteroatoms. The number of rotatable bonds is 6. The zero-order valence-corrected chi connectivity index (χ0v) is 19.8. The minimum atomic E-state index is -1.89. The molecule has 0 spiro atoms. The summed E-state index contributed by atoms with van der Waals surface area (Å²) in [6.07, 6.45) is 9.10. The quantitative estimate of drug-likeness (QED) is 0.354. The van der Waals surface area contributed by atoms with Crippen LogP contribution in [-0.2, 0) is 4.43 Å². The predicted molar refractivity (Wildman–Crippen MR) is 122 cm³/mol. The molecule has 150 valence electrons. The van der Waals surface area contributed by atoms with Crippen LogP contribution in [0, 0.1) is 5.41 Å². The van der Waals surface area contributed by atoms with Gasteiger partial charge in [-0.15, -0.1) is 0 Å². The van der Waals surface area contributed by atoms with E-state index in [4.69, 9.17) is 4.43 Å². The first-order valence-electron chi connectivity index (χ1n) is 10.7. The highest BCUT2D eigenvalue weighted by Gasteiger charge is 2.47. The minimum Gasteiger partial charge on any atom is -0.546 e. The Kier molecular flexibility index (Phi) is 7.19. The van der Waals surface area contributed by atoms with Crippen LogP contribution in [-0.4, -0.2) is 8.32 Å². The van der Waals surface area contributed by atoms with Crippen LogP contribution in [0.2, 0.25) is 16.6 Å².